The van der Waals surface area contributed by atoms with Crippen LogP contribution in [0.25, 0.3) is 10.1 Å². The molecule has 1 aromatic heterocycles. The number of fused-ring (bicyclic) bond motifs is 1. The maximum atomic E-state index is 13.6. The molecule has 0 atom stereocenters. The number of hydrogen-bond donors (Lipinski definition) is 1. The van der Waals surface area contributed by atoms with Crippen LogP contribution >= 0.6 is 34.5 Å². The molecule has 2 aromatic rings. The van der Waals surface area contributed by atoms with E-state index >= 15 is 0 Å². The largest absolute Gasteiger partial charge is 0.169 e. The molecule has 0 aliphatic carbocycles. The number of benzene rings is 1. The second kappa shape index (κ2) is 2.93. The molecule has 1 aromatic carbocycles. The molecule has 78 valence electrons. The quantitative estimate of drug-likeness (QED) is 0.701. The van der Waals surface area contributed by atoms with E-state index < -0.39 is 8.37 Å². The summed E-state index contributed by atoms with van der Waals surface area (Å²) in [5, 5.41) is 0.887. The van der Waals surface area contributed by atoms with Crippen molar-refractivity contribution in [3.05, 3.63) is 30.3 Å². The minimum Gasteiger partial charge on any atom is -0.169 e. The summed E-state index contributed by atoms with van der Waals surface area (Å²) in [4.78, 5) is 0. The van der Waals surface area contributed by atoms with Crippen molar-refractivity contribution in [1.82, 2.24) is 0 Å². The van der Waals surface area contributed by atoms with Gasteiger partial charge in [0, 0.05) is 34.1 Å². The Kier molecular flexibility index (Phi) is 2.18. The SMILES string of the molecule is C[SH](F)(F)(Br)c1cc2ccccc2s1. The van der Waals surface area contributed by atoms with Gasteiger partial charge in [-0.3, -0.25) is 0 Å². The maximum absolute atomic E-state index is 13.6. The molecule has 0 aliphatic heterocycles. The molecule has 1 heterocycles. The van der Waals surface area contributed by atoms with Gasteiger partial charge in [0.1, 0.15) is 0 Å². The van der Waals surface area contributed by atoms with Crippen molar-refractivity contribution >= 4 is 44.6 Å². The average molecular weight is 299 g/mol. The van der Waals surface area contributed by atoms with Crippen LogP contribution in [-0.2, 0) is 0 Å². The lowest BCUT2D eigenvalue weighted by Gasteiger charge is -2.33. The van der Waals surface area contributed by atoms with Crippen molar-refractivity contribution in [2.45, 2.75) is 4.21 Å². The fourth-order valence-corrected chi connectivity index (χ4v) is 4.45. The molecule has 0 fully saturated rings. The number of hydrogen-bond acceptors (Lipinski definition) is 1. The van der Waals surface area contributed by atoms with E-state index in [0.29, 0.717) is 0 Å². The standard InChI is InChI=1S/C9H9BrF2S2/c1-14(10,11,12)9-6-7-4-2-3-5-8(7)13-9/h2-6,14H,1H3. The number of halogens is 3. The molecule has 5 heteroatoms. The van der Waals surface area contributed by atoms with E-state index in [9.17, 15) is 7.77 Å². The van der Waals surface area contributed by atoms with Gasteiger partial charge < -0.3 is 0 Å². The van der Waals surface area contributed by atoms with E-state index in [0.717, 1.165) is 27.7 Å². The lowest BCUT2D eigenvalue weighted by atomic mass is 10.3. The third kappa shape index (κ3) is 1.94. The molecule has 0 saturated heterocycles. The van der Waals surface area contributed by atoms with Crippen molar-refractivity contribution in [1.29, 1.82) is 0 Å². The Hall–Kier alpha value is -0.130. The fraction of sp³-hybridized carbons (Fsp3) is 0.111. The molecule has 0 amide bonds. The highest BCUT2D eigenvalue weighted by atomic mass is 79.9. The van der Waals surface area contributed by atoms with Gasteiger partial charge in [0.25, 0.3) is 0 Å². The molecule has 2 rings (SSSR count). The van der Waals surface area contributed by atoms with Crippen LogP contribution in [0.5, 0.6) is 0 Å². The molecular weight excluding hydrogens is 290 g/mol. The first-order valence-corrected chi connectivity index (χ1v) is 9.29. The van der Waals surface area contributed by atoms with Crippen LogP contribution in [0, 0.1) is 0 Å². The lowest BCUT2D eigenvalue weighted by Crippen LogP contribution is -1.89. The van der Waals surface area contributed by atoms with Gasteiger partial charge in [-0.15, -0.1) is 11.3 Å². The average Bonchev–Trinajstić information content (AvgIpc) is 2.44. The van der Waals surface area contributed by atoms with Gasteiger partial charge >= 0.3 is 0 Å². The molecule has 0 nitrogen and oxygen atoms in total. The van der Waals surface area contributed by atoms with Crippen LogP contribution in [0.2, 0.25) is 0 Å². The van der Waals surface area contributed by atoms with E-state index in [4.69, 9.17) is 0 Å². The van der Waals surface area contributed by atoms with Crippen molar-refractivity contribution in [2.24, 2.45) is 0 Å². The maximum Gasteiger partial charge on any atom is 0.0848 e. The lowest BCUT2D eigenvalue weighted by molar-refractivity contribution is 0.750. The zero-order chi connectivity index (χ0) is 10.4. The summed E-state index contributed by atoms with van der Waals surface area (Å²) in [5.41, 5.74) is 0. The minimum absolute atomic E-state index is 0.164. The van der Waals surface area contributed by atoms with Gasteiger partial charge in [-0.05, 0) is 17.5 Å². The summed E-state index contributed by atoms with van der Waals surface area (Å²) >= 11 is 3.74. The Balaban J connectivity index is 2.68. The monoisotopic (exact) mass is 298 g/mol. The molecule has 0 spiro atoms. The summed E-state index contributed by atoms with van der Waals surface area (Å²) < 4.78 is 28.4. The highest BCUT2D eigenvalue weighted by molar-refractivity contribution is 9.60. The van der Waals surface area contributed by atoms with Crippen molar-refractivity contribution in [3.63, 3.8) is 0 Å². The van der Waals surface area contributed by atoms with E-state index in [1.807, 2.05) is 24.3 Å². The van der Waals surface area contributed by atoms with Crippen molar-refractivity contribution in [2.75, 3.05) is 6.26 Å². The highest BCUT2D eigenvalue weighted by Crippen LogP contribution is 2.83. The Bertz CT molecular complexity index is 442. The third-order valence-corrected chi connectivity index (χ3v) is 7.23. The zero-order valence-corrected chi connectivity index (χ0v) is 10.7. The Morgan fingerprint density at radius 1 is 1.29 bits per heavy atom. The van der Waals surface area contributed by atoms with E-state index in [2.05, 4.69) is 14.8 Å². The highest BCUT2D eigenvalue weighted by Gasteiger charge is 2.34. The number of thiophene rings is 1. The summed E-state index contributed by atoms with van der Waals surface area (Å²) in [7, 11) is -4.75. The summed E-state index contributed by atoms with van der Waals surface area (Å²) in [5.74, 6) is 0. The van der Waals surface area contributed by atoms with Crippen LogP contribution in [0.1, 0.15) is 0 Å². The fourth-order valence-electron chi connectivity index (χ4n) is 1.20. The molecule has 0 bridgehead atoms. The van der Waals surface area contributed by atoms with Gasteiger partial charge in [-0.1, -0.05) is 18.2 Å². The summed E-state index contributed by atoms with van der Waals surface area (Å²) in [6.45, 7) is 0. The van der Waals surface area contributed by atoms with Gasteiger partial charge in [0.05, 0.1) is 4.21 Å². The number of thiol groups is 1. The molecule has 0 saturated carbocycles. The van der Waals surface area contributed by atoms with Gasteiger partial charge in [0.2, 0.25) is 0 Å². The molecule has 0 aliphatic rings. The van der Waals surface area contributed by atoms with Crippen molar-refractivity contribution in [3.8, 4) is 0 Å². The molecule has 0 N–H and O–H groups in total. The first-order valence-electron chi connectivity index (χ1n) is 3.99. The second-order valence-electron chi connectivity index (χ2n) is 3.30. The summed E-state index contributed by atoms with van der Waals surface area (Å²) in [6.07, 6.45) is 0.996. The predicted octanol–water partition coefficient (Wildman–Crippen LogP) is 5.04. The van der Waals surface area contributed by atoms with Gasteiger partial charge in [-0.2, -0.15) is 7.77 Å². The van der Waals surface area contributed by atoms with E-state index in [-0.39, 0.29) is 4.21 Å². The van der Waals surface area contributed by atoms with Gasteiger partial charge in [-0.25, -0.2) is 0 Å². The minimum atomic E-state index is -4.75. The molecule has 0 radical (unpaired) electrons. The van der Waals surface area contributed by atoms with Crippen LogP contribution in [-0.4, -0.2) is 6.26 Å². The topological polar surface area (TPSA) is 0 Å². The second-order valence-corrected chi connectivity index (χ2v) is 12.3. The third-order valence-electron chi connectivity index (χ3n) is 1.88. The predicted molar refractivity (Wildman–Crippen MR) is 66.1 cm³/mol. The van der Waals surface area contributed by atoms with Crippen LogP contribution < -0.4 is 0 Å². The first kappa shape index (κ1) is 10.4. The van der Waals surface area contributed by atoms with Crippen molar-refractivity contribution < 1.29 is 7.77 Å². The van der Waals surface area contributed by atoms with E-state index in [1.165, 1.54) is 0 Å². The Morgan fingerprint density at radius 3 is 2.50 bits per heavy atom. The van der Waals surface area contributed by atoms with Crippen LogP contribution in [0.15, 0.2) is 34.5 Å². The zero-order valence-electron chi connectivity index (χ0n) is 7.38. The Labute approximate surface area is 93.0 Å². The number of rotatable bonds is 1. The Morgan fingerprint density at radius 2 is 1.93 bits per heavy atom. The van der Waals surface area contributed by atoms with Gasteiger partial charge in [0.15, 0.2) is 0 Å². The van der Waals surface area contributed by atoms with Crippen LogP contribution in [0.3, 0.4) is 0 Å². The summed E-state index contributed by atoms with van der Waals surface area (Å²) in [6, 6.07) is 9.00. The van der Waals surface area contributed by atoms with Crippen LogP contribution in [0.4, 0.5) is 7.77 Å². The molecule has 0 unspecified atom stereocenters. The molecule has 14 heavy (non-hydrogen) atoms. The smallest absolute Gasteiger partial charge is 0.0848 e. The first-order chi connectivity index (χ1) is 6.33. The molecular formula is C9H9BrF2S2. The van der Waals surface area contributed by atoms with E-state index in [1.54, 1.807) is 6.07 Å². The normalized spacial score (nSPS) is 15.3.